The maximum Gasteiger partial charge on any atom is 0.307 e. The van der Waals surface area contributed by atoms with Gasteiger partial charge >= 0.3 is 5.97 Å². The molecule has 0 saturated carbocycles. The number of anilines is 1. The molecule has 0 spiro atoms. The summed E-state index contributed by atoms with van der Waals surface area (Å²) in [5.74, 6) is 1.39. The molecule has 1 aliphatic heterocycles. The summed E-state index contributed by atoms with van der Waals surface area (Å²) >= 11 is 3.32. The zero-order valence-electron chi connectivity index (χ0n) is 15.9. The molecule has 0 aliphatic carbocycles. The van der Waals surface area contributed by atoms with Crippen LogP contribution in [0.25, 0.3) is 10.2 Å². The second-order valence-corrected chi connectivity index (χ2v) is 8.91. The van der Waals surface area contributed by atoms with E-state index in [0.29, 0.717) is 19.5 Å². The lowest BCUT2D eigenvalue weighted by molar-refractivity contribution is -0.149. The third-order valence-electron chi connectivity index (χ3n) is 4.60. The highest BCUT2D eigenvalue weighted by atomic mass is 32.2. The minimum Gasteiger partial charge on any atom is -0.494 e. The second-order valence-electron chi connectivity index (χ2n) is 6.73. The summed E-state index contributed by atoms with van der Waals surface area (Å²) in [6.07, 6.45) is 0.374. The molecule has 0 N–H and O–H groups in total. The number of thiazole rings is 1. The van der Waals surface area contributed by atoms with Gasteiger partial charge in [0, 0.05) is 10.6 Å². The Morgan fingerprint density at radius 1 is 1.25 bits per heavy atom. The number of nitrogens with zero attached hydrogens (tertiary/aromatic N) is 2. The van der Waals surface area contributed by atoms with Gasteiger partial charge in [0.15, 0.2) is 5.13 Å². The van der Waals surface area contributed by atoms with Gasteiger partial charge in [-0.3, -0.25) is 4.79 Å². The molecule has 0 radical (unpaired) electrons. The van der Waals surface area contributed by atoms with E-state index in [1.54, 1.807) is 30.2 Å². The summed E-state index contributed by atoms with van der Waals surface area (Å²) in [6.45, 7) is 3.45. The van der Waals surface area contributed by atoms with Crippen LogP contribution in [0.1, 0.15) is 12.0 Å². The van der Waals surface area contributed by atoms with Crippen LogP contribution >= 0.6 is 23.1 Å². The SMILES string of the molecule is COc1cccc2sc(N3CC(OC(=O)CCSc4ccc(C)cc4)C3)nc12. The van der Waals surface area contributed by atoms with Crippen LogP contribution in [0.5, 0.6) is 5.75 Å². The highest BCUT2D eigenvalue weighted by Crippen LogP contribution is 2.36. The zero-order chi connectivity index (χ0) is 19.5. The van der Waals surface area contributed by atoms with Crippen molar-refractivity contribution in [3.63, 3.8) is 0 Å². The summed E-state index contributed by atoms with van der Waals surface area (Å²) in [5, 5.41) is 0.946. The predicted molar refractivity (Wildman–Crippen MR) is 115 cm³/mol. The Kier molecular flexibility index (Phi) is 5.73. The summed E-state index contributed by atoms with van der Waals surface area (Å²) in [7, 11) is 1.66. The minimum atomic E-state index is -0.129. The van der Waals surface area contributed by atoms with Gasteiger partial charge in [0.1, 0.15) is 17.4 Å². The number of thioether (sulfide) groups is 1. The fraction of sp³-hybridized carbons (Fsp3) is 0.333. The molecule has 1 aliphatic rings. The third-order valence-corrected chi connectivity index (χ3v) is 6.70. The normalized spacial score (nSPS) is 14.1. The number of hydrogen-bond donors (Lipinski definition) is 0. The largest absolute Gasteiger partial charge is 0.494 e. The van der Waals surface area contributed by atoms with E-state index in [1.807, 2.05) is 18.2 Å². The lowest BCUT2D eigenvalue weighted by Crippen LogP contribution is -2.53. The molecule has 0 unspecified atom stereocenters. The molecule has 1 saturated heterocycles. The Morgan fingerprint density at radius 2 is 2.04 bits per heavy atom. The first-order valence-corrected chi connectivity index (χ1v) is 11.0. The summed E-state index contributed by atoms with van der Waals surface area (Å²) in [4.78, 5) is 20.1. The average molecular weight is 415 g/mol. The summed E-state index contributed by atoms with van der Waals surface area (Å²) < 4.78 is 12.0. The van der Waals surface area contributed by atoms with Gasteiger partial charge in [0.05, 0.1) is 31.3 Å². The first-order chi connectivity index (χ1) is 13.6. The van der Waals surface area contributed by atoms with Crippen LogP contribution in [0.4, 0.5) is 5.13 Å². The van der Waals surface area contributed by atoms with Crippen molar-refractivity contribution in [3.05, 3.63) is 48.0 Å². The molecular weight excluding hydrogens is 392 g/mol. The Labute approximate surface area is 172 Å². The number of para-hydroxylation sites is 1. The highest BCUT2D eigenvalue weighted by molar-refractivity contribution is 7.99. The van der Waals surface area contributed by atoms with Crippen molar-refractivity contribution in [1.29, 1.82) is 0 Å². The number of aromatic nitrogens is 1. The molecule has 1 fully saturated rings. The monoisotopic (exact) mass is 414 g/mol. The molecule has 28 heavy (non-hydrogen) atoms. The van der Waals surface area contributed by atoms with Crippen molar-refractivity contribution in [2.45, 2.75) is 24.3 Å². The van der Waals surface area contributed by atoms with Crippen molar-refractivity contribution >= 4 is 44.4 Å². The van der Waals surface area contributed by atoms with Gasteiger partial charge < -0.3 is 14.4 Å². The van der Waals surface area contributed by atoms with Crippen LogP contribution in [0.2, 0.25) is 0 Å². The molecule has 1 aromatic heterocycles. The fourth-order valence-electron chi connectivity index (χ4n) is 3.01. The molecular formula is C21H22N2O3S2. The number of ether oxygens (including phenoxy) is 2. The van der Waals surface area contributed by atoms with Gasteiger partial charge in [-0.1, -0.05) is 35.1 Å². The minimum absolute atomic E-state index is 0.0502. The van der Waals surface area contributed by atoms with Gasteiger partial charge in [0.25, 0.3) is 0 Å². The molecule has 2 heterocycles. The van der Waals surface area contributed by atoms with Crippen LogP contribution in [0, 0.1) is 6.92 Å². The topological polar surface area (TPSA) is 51.7 Å². The molecule has 4 rings (SSSR count). The van der Waals surface area contributed by atoms with Crippen molar-refractivity contribution in [2.24, 2.45) is 0 Å². The molecule has 0 atom stereocenters. The number of aryl methyl sites for hydroxylation is 1. The first kappa shape index (κ1) is 19.1. The predicted octanol–water partition coefficient (Wildman–Crippen LogP) is 4.53. The van der Waals surface area contributed by atoms with Gasteiger partial charge in [-0.25, -0.2) is 4.98 Å². The molecule has 146 valence electrons. The quantitative estimate of drug-likeness (QED) is 0.418. The van der Waals surface area contributed by atoms with Crippen molar-refractivity contribution in [2.75, 3.05) is 30.9 Å². The maximum absolute atomic E-state index is 12.1. The second kappa shape index (κ2) is 8.41. The number of benzene rings is 2. The number of carbonyl (C=O) groups excluding carboxylic acids is 1. The third kappa shape index (κ3) is 4.25. The molecule has 5 nitrogen and oxygen atoms in total. The van der Waals surface area contributed by atoms with E-state index >= 15 is 0 Å². The van der Waals surface area contributed by atoms with Gasteiger partial charge in [-0.2, -0.15) is 0 Å². The van der Waals surface area contributed by atoms with Crippen molar-refractivity contribution in [1.82, 2.24) is 4.98 Å². The Bertz CT molecular complexity index is 965. The Balaban J connectivity index is 1.23. The molecule has 2 aromatic carbocycles. The molecule has 3 aromatic rings. The van der Waals surface area contributed by atoms with E-state index in [4.69, 9.17) is 9.47 Å². The van der Waals surface area contributed by atoms with Crippen LogP contribution in [-0.4, -0.2) is 43.0 Å². The highest BCUT2D eigenvalue weighted by Gasteiger charge is 2.32. The van der Waals surface area contributed by atoms with Crippen molar-refractivity contribution in [3.8, 4) is 5.75 Å². The molecule has 7 heteroatoms. The Hall–Kier alpha value is -2.25. The zero-order valence-corrected chi connectivity index (χ0v) is 17.5. The van der Waals surface area contributed by atoms with Gasteiger partial charge in [0.2, 0.25) is 0 Å². The van der Waals surface area contributed by atoms with Crippen LogP contribution < -0.4 is 9.64 Å². The smallest absolute Gasteiger partial charge is 0.307 e. The van der Waals surface area contributed by atoms with Crippen LogP contribution in [0.15, 0.2) is 47.4 Å². The molecule has 0 amide bonds. The fourth-order valence-corrected chi connectivity index (χ4v) is 4.85. The number of hydrogen-bond acceptors (Lipinski definition) is 7. The summed E-state index contributed by atoms with van der Waals surface area (Å²) in [6, 6.07) is 14.3. The molecule has 0 bridgehead atoms. The van der Waals surface area contributed by atoms with Crippen molar-refractivity contribution < 1.29 is 14.3 Å². The Morgan fingerprint density at radius 3 is 2.79 bits per heavy atom. The maximum atomic E-state index is 12.1. The van der Waals surface area contributed by atoms with Crippen LogP contribution in [0.3, 0.4) is 0 Å². The number of esters is 1. The average Bonchev–Trinajstić information content (AvgIpc) is 3.09. The lowest BCUT2D eigenvalue weighted by atomic mass is 10.2. The number of rotatable bonds is 7. The van der Waals surface area contributed by atoms with Gasteiger partial charge in [-0.15, -0.1) is 11.8 Å². The van der Waals surface area contributed by atoms with Crippen LogP contribution in [-0.2, 0) is 9.53 Å². The van der Waals surface area contributed by atoms with E-state index in [-0.39, 0.29) is 12.1 Å². The standard InChI is InChI=1S/C21H22N2O3S2/c1-14-6-8-16(9-7-14)27-11-10-19(24)26-15-12-23(13-15)21-22-20-17(25-2)4-3-5-18(20)28-21/h3-9,15H,10-13H2,1-2H3. The summed E-state index contributed by atoms with van der Waals surface area (Å²) in [5.41, 5.74) is 2.13. The number of carbonyl (C=O) groups is 1. The number of fused-ring (bicyclic) bond motifs is 1. The van der Waals surface area contributed by atoms with E-state index in [9.17, 15) is 4.79 Å². The van der Waals surface area contributed by atoms with E-state index in [0.717, 1.165) is 26.9 Å². The van der Waals surface area contributed by atoms with Gasteiger partial charge in [-0.05, 0) is 31.2 Å². The first-order valence-electron chi connectivity index (χ1n) is 9.20. The van der Waals surface area contributed by atoms with E-state index < -0.39 is 0 Å². The number of methoxy groups -OCH3 is 1. The van der Waals surface area contributed by atoms with E-state index in [2.05, 4.69) is 41.1 Å². The lowest BCUT2D eigenvalue weighted by Gasteiger charge is -2.38. The van der Waals surface area contributed by atoms with E-state index in [1.165, 1.54) is 10.5 Å².